The first-order valence-electron chi connectivity index (χ1n) is 10.7. The predicted molar refractivity (Wildman–Crippen MR) is 117 cm³/mol. The average Bonchev–Trinajstić information content (AvgIpc) is 3.19. The Morgan fingerprint density at radius 1 is 0.968 bits per heavy atom. The van der Waals surface area contributed by atoms with E-state index in [1.54, 1.807) is 23.1 Å². The number of aliphatic hydroxyl groups is 1. The second kappa shape index (κ2) is 7.64. The van der Waals surface area contributed by atoms with Crippen molar-refractivity contribution in [2.75, 3.05) is 0 Å². The lowest BCUT2D eigenvalue weighted by Gasteiger charge is -2.34. The van der Waals surface area contributed by atoms with Crippen molar-refractivity contribution in [3.63, 3.8) is 0 Å². The molecule has 5 rings (SSSR count). The van der Waals surface area contributed by atoms with Gasteiger partial charge in [-0.05, 0) is 30.4 Å². The molecule has 0 radical (unpaired) electrons. The van der Waals surface area contributed by atoms with Gasteiger partial charge >= 0.3 is 0 Å². The summed E-state index contributed by atoms with van der Waals surface area (Å²) in [7, 11) is -3.89. The number of carbonyl (C=O) groups is 1. The van der Waals surface area contributed by atoms with Crippen molar-refractivity contribution >= 4 is 21.6 Å². The molecule has 7 heteroatoms. The van der Waals surface area contributed by atoms with E-state index in [4.69, 9.17) is 0 Å². The Bertz CT molecular complexity index is 1200. The maximum absolute atomic E-state index is 13.6. The van der Waals surface area contributed by atoms with Crippen molar-refractivity contribution < 1.29 is 18.3 Å². The first kappa shape index (κ1) is 20.0. The van der Waals surface area contributed by atoms with Crippen LogP contribution in [0.2, 0.25) is 0 Å². The standard InChI is InChI=1S/C24H24N2O4S/c27-23-20(21-18-13-7-8-14-19(18)31(29,30)25-21)24(28)26(15-16-9-3-1-4-10-16)22(23)17-11-5-2-6-12-17/h1,3-4,7-10,13-14,17,22,27H,2,5-6,11-12,15H2. The van der Waals surface area contributed by atoms with Crippen LogP contribution in [0.15, 0.2) is 75.2 Å². The van der Waals surface area contributed by atoms with Gasteiger partial charge < -0.3 is 10.0 Å². The molecule has 0 aromatic heterocycles. The number of nitrogens with zero attached hydrogens (tertiary/aromatic N) is 2. The highest BCUT2D eigenvalue weighted by molar-refractivity contribution is 7.90. The van der Waals surface area contributed by atoms with Gasteiger partial charge in [-0.25, -0.2) is 0 Å². The van der Waals surface area contributed by atoms with Crippen LogP contribution in [0.4, 0.5) is 0 Å². The number of fused-ring (bicyclic) bond motifs is 1. The zero-order chi connectivity index (χ0) is 21.6. The van der Waals surface area contributed by atoms with E-state index in [0.29, 0.717) is 12.1 Å². The van der Waals surface area contributed by atoms with Gasteiger partial charge in [0, 0.05) is 12.1 Å². The van der Waals surface area contributed by atoms with Gasteiger partial charge in [0.25, 0.3) is 15.9 Å². The van der Waals surface area contributed by atoms with E-state index in [-0.39, 0.29) is 33.8 Å². The van der Waals surface area contributed by atoms with Crippen LogP contribution in [0.25, 0.3) is 0 Å². The van der Waals surface area contributed by atoms with Gasteiger partial charge in [-0.2, -0.15) is 12.8 Å². The molecule has 1 unspecified atom stereocenters. The summed E-state index contributed by atoms with van der Waals surface area (Å²) in [6.07, 6.45) is 5.15. The van der Waals surface area contributed by atoms with E-state index in [0.717, 1.165) is 37.7 Å². The molecule has 2 heterocycles. The Labute approximate surface area is 182 Å². The lowest BCUT2D eigenvalue weighted by molar-refractivity contribution is -0.128. The first-order chi connectivity index (χ1) is 15.0. The van der Waals surface area contributed by atoms with Gasteiger partial charge in [-0.3, -0.25) is 4.79 Å². The van der Waals surface area contributed by atoms with Crippen molar-refractivity contribution in [2.45, 2.75) is 49.6 Å². The lowest BCUT2D eigenvalue weighted by atomic mass is 9.82. The summed E-state index contributed by atoms with van der Waals surface area (Å²) in [5.41, 5.74) is 1.43. The van der Waals surface area contributed by atoms with Crippen molar-refractivity contribution in [2.24, 2.45) is 10.3 Å². The third-order valence-electron chi connectivity index (χ3n) is 6.51. The van der Waals surface area contributed by atoms with Gasteiger partial charge in [0.15, 0.2) is 0 Å². The van der Waals surface area contributed by atoms with E-state index in [1.165, 1.54) is 6.07 Å². The number of carbonyl (C=O) groups excluding carboxylic acids is 1. The SMILES string of the molecule is O=C1C(C2=NS(=O)(=O)c3ccccc32)=C(O)C(C2CCCCC2)N1Cc1ccccc1. The fraction of sp³-hybridized carbons (Fsp3) is 0.333. The van der Waals surface area contributed by atoms with Crippen molar-refractivity contribution in [3.05, 3.63) is 77.1 Å². The molecule has 3 aliphatic rings. The highest BCUT2D eigenvalue weighted by Gasteiger charge is 2.47. The van der Waals surface area contributed by atoms with E-state index in [2.05, 4.69) is 4.40 Å². The minimum Gasteiger partial charge on any atom is -0.509 e. The molecular formula is C24H24N2O4S. The smallest absolute Gasteiger partial charge is 0.283 e. The Balaban J connectivity index is 1.60. The molecule has 2 aromatic carbocycles. The second-order valence-electron chi connectivity index (χ2n) is 8.43. The molecule has 1 saturated carbocycles. The number of aliphatic hydroxyl groups excluding tert-OH is 1. The largest absolute Gasteiger partial charge is 0.509 e. The van der Waals surface area contributed by atoms with Crippen molar-refractivity contribution in [1.29, 1.82) is 0 Å². The molecule has 2 aliphatic heterocycles. The molecule has 0 saturated heterocycles. The monoisotopic (exact) mass is 436 g/mol. The molecule has 1 N–H and O–H groups in total. The quantitative estimate of drug-likeness (QED) is 0.785. The maximum atomic E-state index is 13.6. The molecule has 0 spiro atoms. The Kier molecular flexibility index (Phi) is 4.93. The average molecular weight is 437 g/mol. The normalized spacial score (nSPS) is 23.2. The molecule has 0 bridgehead atoms. The van der Waals surface area contributed by atoms with Crippen LogP contribution in [0.3, 0.4) is 0 Å². The van der Waals surface area contributed by atoms with Crippen molar-refractivity contribution in [3.8, 4) is 0 Å². The molecule has 6 nitrogen and oxygen atoms in total. The van der Waals surface area contributed by atoms with Gasteiger partial charge in [0.2, 0.25) is 0 Å². The van der Waals surface area contributed by atoms with Gasteiger partial charge in [0.05, 0.1) is 10.9 Å². The predicted octanol–water partition coefficient (Wildman–Crippen LogP) is 3.98. The van der Waals surface area contributed by atoms with Crippen LogP contribution in [-0.2, 0) is 21.4 Å². The molecule has 1 aliphatic carbocycles. The fourth-order valence-electron chi connectivity index (χ4n) is 5.06. The zero-order valence-electron chi connectivity index (χ0n) is 17.1. The van der Waals surface area contributed by atoms with E-state index in [9.17, 15) is 18.3 Å². The molecule has 1 amide bonds. The van der Waals surface area contributed by atoms with E-state index in [1.807, 2.05) is 30.3 Å². The summed E-state index contributed by atoms with van der Waals surface area (Å²) in [5, 5.41) is 11.3. The zero-order valence-corrected chi connectivity index (χ0v) is 17.9. The van der Waals surface area contributed by atoms with Crippen LogP contribution in [0, 0.1) is 5.92 Å². The summed E-state index contributed by atoms with van der Waals surface area (Å²) >= 11 is 0. The maximum Gasteiger partial charge on any atom is 0.283 e. The number of rotatable bonds is 4. The lowest BCUT2D eigenvalue weighted by Crippen LogP contribution is -2.41. The summed E-state index contributed by atoms with van der Waals surface area (Å²) in [4.78, 5) is 15.4. The molecule has 2 aromatic rings. The second-order valence-corrected chi connectivity index (χ2v) is 10.0. The van der Waals surface area contributed by atoms with Crippen molar-refractivity contribution in [1.82, 2.24) is 4.90 Å². The van der Waals surface area contributed by atoms with Gasteiger partial charge in [-0.1, -0.05) is 67.8 Å². The summed E-state index contributed by atoms with van der Waals surface area (Å²) in [6.45, 7) is 0.357. The van der Waals surface area contributed by atoms with Crippen LogP contribution in [-0.4, -0.2) is 36.1 Å². The molecule has 1 fully saturated rings. The Morgan fingerprint density at radius 2 is 1.65 bits per heavy atom. The van der Waals surface area contributed by atoms with Crippen LogP contribution < -0.4 is 0 Å². The first-order valence-corrected chi connectivity index (χ1v) is 12.1. The number of amides is 1. The summed E-state index contributed by atoms with van der Waals surface area (Å²) < 4.78 is 29.1. The van der Waals surface area contributed by atoms with Crippen LogP contribution >= 0.6 is 0 Å². The molecule has 160 valence electrons. The molecule has 1 atom stereocenters. The number of benzene rings is 2. The third-order valence-corrected chi connectivity index (χ3v) is 7.84. The van der Waals surface area contributed by atoms with Gasteiger partial charge in [-0.15, -0.1) is 0 Å². The number of sulfonamides is 1. The van der Waals surface area contributed by atoms with E-state index >= 15 is 0 Å². The highest BCUT2D eigenvalue weighted by Crippen LogP contribution is 2.40. The molecule has 31 heavy (non-hydrogen) atoms. The minimum absolute atomic E-state index is 0.0278. The van der Waals surface area contributed by atoms with Gasteiger partial charge in [0.1, 0.15) is 17.0 Å². The third kappa shape index (κ3) is 3.37. The van der Waals surface area contributed by atoms with E-state index < -0.39 is 16.1 Å². The summed E-state index contributed by atoms with van der Waals surface area (Å²) in [6, 6.07) is 15.7. The topological polar surface area (TPSA) is 87.0 Å². The minimum atomic E-state index is -3.89. The van der Waals surface area contributed by atoms with Crippen LogP contribution in [0.1, 0.15) is 43.2 Å². The number of hydrogen-bond donors (Lipinski definition) is 1. The summed E-state index contributed by atoms with van der Waals surface area (Å²) in [5.74, 6) is -0.256. The number of hydrogen-bond acceptors (Lipinski definition) is 4. The van der Waals surface area contributed by atoms with Crippen LogP contribution in [0.5, 0.6) is 0 Å². The Hall–Kier alpha value is -2.93. The highest BCUT2D eigenvalue weighted by atomic mass is 32.2. The Morgan fingerprint density at radius 3 is 2.39 bits per heavy atom. The molecular weight excluding hydrogens is 412 g/mol. The fourth-order valence-corrected chi connectivity index (χ4v) is 6.28.